The Hall–Kier alpha value is -3.13. The fraction of sp³-hybridized carbons (Fsp3) is 0.484. The highest BCUT2D eigenvalue weighted by atomic mass is 32.2. The number of benzene rings is 2. The van der Waals surface area contributed by atoms with Crippen LogP contribution in [-0.4, -0.2) is 67.8 Å². The van der Waals surface area contributed by atoms with Crippen LogP contribution in [0.3, 0.4) is 0 Å². The highest BCUT2D eigenvalue weighted by molar-refractivity contribution is 7.99. The summed E-state index contributed by atoms with van der Waals surface area (Å²) in [5, 5.41) is 9.82. The third-order valence-electron chi connectivity index (χ3n) is 7.99. The number of amides is 2. The van der Waals surface area contributed by atoms with Crippen molar-refractivity contribution in [3.8, 4) is 17.1 Å². The summed E-state index contributed by atoms with van der Waals surface area (Å²) in [7, 11) is 0. The van der Waals surface area contributed by atoms with Crippen LogP contribution < -0.4 is 0 Å². The molecular formula is C31H39N5O2S. The quantitative estimate of drug-likeness (QED) is 0.237. The van der Waals surface area contributed by atoms with Crippen molar-refractivity contribution in [1.29, 1.82) is 0 Å². The van der Waals surface area contributed by atoms with Crippen LogP contribution in [0, 0.1) is 5.92 Å². The molecule has 1 saturated carbocycles. The molecule has 1 atom stereocenters. The lowest BCUT2D eigenvalue weighted by atomic mass is 10.0. The number of piperazine rings is 1. The fourth-order valence-electron chi connectivity index (χ4n) is 5.82. The van der Waals surface area contributed by atoms with E-state index in [0.29, 0.717) is 32.5 Å². The molecule has 8 heteroatoms. The molecule has 5 rings (SSSR count). The van der Waals surface area contributed by atoms with E-state index in [1.165, 1.54) is 25.7 Å². The molecule has 2 heterocycles. The highest BCUT2D eigenvalue weighted by Crippen LogP contribution is 2.30. The Kier molecular flexibility index (Phi) is 9.35. The van der Waals surface area contributed by atoms with Crippen molar-refractivity contribution in [2.24, 2.45) is 5.92 Å². The molecule has 3 aromatic rings. The standard InChI is InChI=1S/C31H39N5O2S/c1-24-23-34(20-21-35(24)29(38)19-18-25-11-8-9-12-25)28(37)17-10-22-39-31-33-32-30(26-13-4-2-5-14-26)36(31)27-15-6-3-7-16-27/h2-7,13-16,24-25H,8-12,17-23H2,1H3. The molecule has 0 spiro atoms. The first-order chi connectivity index (χ1) is 19.1. The Balaban J connectivity index is 1.11. The summed E-state index contributed by atoms with van der Waals surface area (Å²) in [6, 6.07) is 20.3. The lowest BCUT2D eigenvalue weighted by Gasteiger charge is -2.40. The molecule has 206 valence electrons. The van der Waals surface area contributed by atoms with E-state index < -0.39 is 0 Å². The van der Waals surface area contributed by atoms with Crippen LogP contribution in [0.5, 0.6) is 0 Å². The molecule has 0 bridgehead atoms. The molecule has 2 aliphatic rings. The van der Waals surface area contributed by atoms with Crippen LogP contribution in [0.2, 0.25) is 0 Å². The van der Waals surface area contributed by atoms with E-state index in [0.717, 1.165) is 46.7 Å². The maximum Gasteiger partial charge on any atom is 0.222 e. The number of para-hydroxylation sites is 1. The molecule has 2 amide bonds. The topological polar surface area (TPSA) is 71.3 Å². The van der Waals surface area contributed by atoms with Crippen LogP contribution in [-0.2, 0) is 9.59 Å². The normalized spacial score (nSPS) is 18.0. The van der Waals surface area contributed by atoms with Gasteiger partial charge in [0, 0.05) is 55.5 Å². The Bertz CT molecular complexity index is 1230. The van der Waals surface area contributed by atoms with E-state index in [1.807, 2.05) is 58.3 Å². The van der Waals surface area contributed by atoms with Crippen LogP contribution in [0.15, 0.2) is 65.8 Å². The van der Waals surface area contributed by atoms with Gasteiger partial charge in [0.2, 0.25) is 11.8 Å². The molecule has 1 unspecified atom stereocenters. The van der Waals surface area contributed by atoms with E-state index in [4.69, 9.17) is 0 Å². The van der Waals surface area contributed by atoms with Gasteiger partial charge in [0.05, 0.1) is 0 Å². The van der Waals surface area contributed by atoms with E-state index in [2.05, 4.69) is 33.8 Å². The number of hydrogen-bond acceptors (Lipinski definition) is 5. The third kappa shape index (κ3) is 6.90. The molecule has 1 saturated heterocycles. The van der Waals surface area contributed by atoms with Gasteiger partial charge in [-0.05, 0) is 37.8 Å². The van der Waals surface area contributed by atoms with Gasteiger partial charge in [-0.2, -0.15) is 0 Å². The Morgan fingerprint density at radius 3 is 2.33 bits per heavy atom. The smallest absolute Gasteiger partial charge is 0.222 e. The Morgan fingerprint density at radius 1 is 0.897 bits per heavy atom. The van der Waals surface area contributed by atoms with Crippen molar-refractivity contribution >= 4 is 23.6 Å². The largest absolute Gasteiger partial charge is 0.339 e. The lowest BCUT2D eigenvalue weighted by molar-refractivity contribution is -0.142. The van der Waals surface area contributed by atoms with Crippen LogP contribution in [0.4, 0.5) is 0 Å². The van der Waals surface area contributed by atoms with Gasteiger partial charge < -0.3 is 9.80 Å². The molecule has 1 aliphatic heterocycles. The van der Waals surface area contributed by atoms with E-state index >= 15 is 0 Å². The van der Waals surface area contributed by atoms with Gasteiger partial charge in [-0.15, -0.1) is 10.2 Å². The average molecular weight is 546 g/mol. The highest BCUT2D eigenvalue weighted by Gasteiger charge is 2.30. The fourth-order valence-corrected chi connectivity index (χ4v) is 6.71. The Labute approximate surface area is 236 Å². The molecule has 1 aliphatic carbocycles. The van der Waals surface area contributed by atoms with E-state index in [1.54, 1.807) is 11.8 Å². The maximum atomic E-state index is 13.0. The van der Waals surface area contributed by atoms with Gasteiger partial charge >= 0.3 is 0 Å². The molecule has 7 nitrogen and oxygen atoms in total. The summed E-state index contributed by atoms with van der Waals surface area (Å²) < 4.78 is 2.09. The predicted octanol–water partition coefficient (Wildman–Crippen LogP) is 5.84. The second-order valence-corrected chi connectivity index (χ2v) is 11.8. The molecule has 2 fully saturated rings. The number of hydrogen-bond donors (Lipinski definition) is 0. The second kappa shape index (κ2) is 13.3. The summed E-state index contributed by atoms with van der Waals surface area (Å²) >= 11 is 1.63. The molecular weight excluding hydrogens is 506 g/mol. The van der Waals surface area contributed by atoms with Gasteiger partial charge in [-0.3, -0.25) is 14.2 Å². The van der Waals surface area contributed by atoms with Gasteiger partial charge in [-0.1, -0.05) is 86.0 Å². The summed E-state index contributed by atoms with van der Waals surface area (Å²) in [6.07, 6.45) is 8.13. The van der Waals surface area contributed by atoms with Crippen molar-refractivity contribution in [3.63, 3.8) is 0 Å². The first-order valence-electron chi connectivity index (χ1n) is 14.4. The first kappa shape index (κ1) is 27.4. The third-order valence-corrected chi connectivity index (χ3v) is 9.00. The zero-order valence-electron chi connectivity index (χ0n) is 22.9. The molecule has 0 radical (unpaired) electrons. The summed E-state index contributed by atoms with van der Waals surface area (Å²) in [4.78, 5) is 29.7. The van der Waals surface area contributed by atoms with E-state index in [9.17, 15) is 9.59 Å². The van der Waals surface area contributed by atoms with Crippen LogP contribution >= 0.6 is 11.8 Å². The molecule has 1 aromatic heterocycles. The number of aromatic nitrogens is 3. The van der Waals surface area contributed by atoms with Crippen molar-refractivity contribution in [3.05, 3.63) is 60.7 Å². The van der Waals surface area contributed by atoms with Crippen molar-refractivity contribution in [1.82, 2.24) is 24.6 Å². The second-order valence-electron chi connectivity index (χ2n) is 10.8. The summed E-state index contributed by atoms with van der Waals surface area (Å²) in [5.41, 5.74) is 2.03. The van der Waals surface area contributed by atoms with Crippen LogP contribution in [0.1, 0.15) is 58.3 Å². The SMILES string of the molecule is CC1CN(C(=O)CCCSc2nnc(-c3ccccc3)n2-c2ccccc2)CCN1C(=O)CCC1CCCC1. The maximum absolute atomic E-state index is 13.0. The molecule has 0 N–H and O–H groups in total. The van der Waals surface area contributed by atoms with Gasteiger partial charge in [0.15, 0.2) is 11.0 Å². The summed E-state index contributed by atoms with van der Waals surface area (Å²) in [5.74, 6) is 2.76. The van der Waals surface area contributed by atoms with Gasteiger partial charge in [0.1, 0.15) is 0 Å². The predicted molar refractivity (Wildman–Crippen MR) is 156 cm³/mol. The van der Waals surface area contributed by atoms with Crippen LogP contribution in [0.25, 0.3) is 17.1 Å². The lowest BCUT2D eigenvalue weighted by Crippen LogP contribution is -2.55. The van der Waals surface area contributed by atoms with Crippen molar-refractivity contribution < 1.29 is 9.59 Å². The zero-order chi connectivity index (χ0) is 27.0. The zero-order valence-corrected chi connectivity index (χ0v) is 23.7. The minimum atomic E-state index is 0.0778. The van der Waals surface area contributed by atoms with Gasteiger partial charge in [-0.25, -0.2) is 0 Å². The molecule has 2 aromatic carbocycles. The van der Waals surface area contributed by atoms with Crippen molar-refractivity contribution in [2.45, 2.75) is 69.5 Å². The minimum absolute atomic E-state index is 0.0778. The number of thioether (sulfide) groups is 1. The van der Waals surface area contributed by atoms with E-state index in [-0.39, 0.29) is 17.9 Å². The Morgan fingerprint density at radius 2 is 1.62 bits per heavy atom. The first-order valence-corrected chi connectivity index (χ1v) is 15.3. The number of carbonyl (C=O) groups excluding carboxylic acids is 2. The monoisotopic (exact) mass is 545 g/mol. The number of nitrogens with zero attached hydrogens (tertiary/aromatic N) is 5. The number of carbonyl (C=O) groups is 2. The summed E-state index contributed by atoms with van der Waals surface area (Å²) in [6.45, 7) is 3.98. The number of rotatable bonds is 10. The van der Waals surface area contributed by atoms with Crippen molar-refractivity contribution in [2.75, 3.05) is 25.4 Å². The minimum Gasteiger partial charge on any atom is -0.339 e. The molecule has 39 heavy (non-hydrogen) atoms. The van der Waals surface area contributed by atoms with Gasteiger partial charge in [0.25, 0.3) is 0 Å². The average Bonchev–Trinajstić information content (AvgIpc) is 3.65.